The summed E-state index contributed by atoms with van der Waals surface area (Å²) >= 11 is 0. The van der Waals surface area contributed by atoms with Gasteiger partial charge in [-0.05, 0) is 91.9 Å². The summed E-state index contributed by atoms with van der Waals surface area (Å²) in [5.74, 6) is 0.927. The first-order valence-corrected chi connectivity index (χ1v) is 19.9. The molecule has 0 atom stereocenters. The number of likely N-dealkylation sites (N-methyl/N-ethyl adjacent to an activating group) is 1. The lowest BCUT2D eigenvalue weighted by molar-refractivity contribution is 0.261. The maximum atomic E-state index is 6.01. The third-order valence-corrected chi connectivity index (χ3v) is 11.9. The Hall–Kier alpha value is -3.19. The quantitative estimate of drug-likeness (QED) is 0.0587. The second kappa shape index (κ2) is 18.7. The van der Waals surface area contributed by atoms with Gasteiger partial charge in [-0.3, -0.25) is 0 Å². The van der Waals surface area contributed by atoms with Gasteiger partial charge in [0.2, 0.25) is 0 Å². The van der Waals surface area contributed by atoms with E-state index < -0.39 is 7.26 Å². The average molecular weight is 621 g/mol. The minimum atomic E-state index is -0.976. The first-order chi connectivity index (χ1) is 21.9. The Labute approximate surface area is 274 Å². The minimum Gasteiger partial charge on any atom is -0.492 e. The van der Waals surface area contributed by atoms with Crippen LogP contribution in [-0.4, -0.2) is 51.6 Å². The molecule has 0 saturated carbocycles. The zero-order chi connectivity index (χ0) is 31.7. The fourth-order valence-electron chi connectivity index (χ4n) is 6.07. The lowest BCUT2D eigenvalue weighted by Crippen LogP contribution is -2.19. The van der Waals surface area contributed by atoms with Gasteiger partial charge < -0.3 is 9.64 Å². The molecule has 0 aliphatic carbocycles. The first kappa shape index (κ1) is 34.7. The van der Waals surface area contributed by atoms with Crippen molar-refractivity contribution in [3.05, 3.63) is 132 Å². The smallest absolute Gasteiger partial charge is 0.119 e. The normalized spacial score (nSPS) is 12.3. The Bertz CT molecular complexity index is 1400. The first-order valence-electron chi connectivity index (χ1n) is 17.0. The summed E-state index contributed by atoms with van der Waals surface area (Å²) < 4.78 is 6.01. The van der Waals surface area contributed by atoms with Crippen molar-refractivity contribution in [3.63, 3.8) is 0 Å². The lowest BCUT2D eigenvalue weighted by atomic mass is 9.86. The summed E-state index contributed by atoms with van der Waals surface area (Å²) in [5.41, 5.74) is 6.62. The predicted octanol–water partition coefficient (Wildman–Crippen LogP) is 10.7. The largest absolute Gasteiger partial charge is 0.492 e. The van der Waals surface area contributed by atoms with Crippen molar-refractivity contribution in [2.24, 2.45) is 0 Å². The Morgan fingerprint density at radius 3 is 1.62 bits per heavy atom. The van der Waals surface area contributed by atoms with E-state index >= 15 is 0 Å². The van der Waals surface area contributed by atoms with E-state index in [1.807, 2.05) is 0 Å². The molecule has 4 rings (SSSR count). The third-order valence-electron chi connectivity index (χ3n) is 8.79. The van der Waals surface area contributed by atoms with E-state index in [2.05, 4.69) is 148 Å². The summed E-state index contributed by atoms with van der Waals surface area (Å²) in [5, 5.41) is 1.57. The molecule has 0 aliphatic rings. The van der Waals surface area contributed by atoms with Crippen LogP contribution < -0.4 is 10.0 Å². The highest BCUT2D eigenvalue weighted by Crippen LogP contribution is 2.50. The molecular weight excluding hydrogens is 565 g/mol. The van der Waals surface area contributed by atoms with E-state index in [0.29, 0.717) is 6.61 Å². The molecule has 0 N–H and O–H groups in total. The van der Waals surface area contributed by atoms with Gasteiger partial charge in [-0.15, -0.1) is 0 Å². The zero-order valence-electron chi connectivity index (χ0n) is 28.3. The Morgan fingerprint density at radius 2 is 1.04 bits per heavy atom. The van der Waals surface area contributed by atoms with Crippen LogP contribution in [0.1, 0.15) is 74.5 Å². The topological polar surface area (TPSA) is 12.5 Å². The van der Waals surface area contributed by atoms with Crippen LogP contribution in [0.25, 0.3) is 11.1 Å². The fourth-order valence-corrected chi connectivity index (χ4v) is 8.32. The van der Waals surface area contributed by atoms with Crippen molar-refractivity contribution in [1.82, 2.24) is 4.90 Å². The van der Waals surface area contributed by atoms with E-state index in [-0.39, 0.29) is 0 Å². The van der Waals surface area contributed by atoms with Gasteiger partial charge in [0.05, 0.1) is 24.8 Å². The van der Waals surface area contributed by atoms with Gasteiger partial charge in [0.1, 0.15) is 12.4 Å². The van der Waals surface area contributed by atoms with Crippen molar-refractivity contribution in [2.75, 3.05) is 46.7 Å². The van der Waals surface area contributed by atoms with E-state index in [0.717, 1.165) is 18.7 Å². The molecule has 0 fully saturated rings. The predicted molar refractivity (Wildman–Crippen MR) is 201 cm³/mol. The van der Waals surface area contributed by atoms with Crippen molar-refractivity contribution < 1.29 is 4.74 Å². The van der Waals surface area contributed by atoms with Crippen molar-refractivity contribution in [2.45, 2.75) is 57.8 Å². The lowest BCUT2D eigenvalue weighted by Gasteiger charge is -2.18. The molecule has 4 aromatic carbocycles. The van der Waals surface area contributed by atoms with Gasteiger partial charge in [0, 0.05) is 13.8 Å². The van der Waals surface area contributed by atoms with E-state index in [4.69, 9.17) is 4.74 Å². The Kier molecular flexibility index (Phi) is 14.4. The number of ether oxygens (including phenoxy) is 1. The van der Waals surface area contributed by atoms with Crippen LogP contribution in [0.2, 0.25) is 0 Å². The summed E-state index contributed by atoms with van der Waals surface area (Å²) in [4.78, 5) is 2.15. The summed E-state index contributed by atoms with van der Waals surface area (Å²) in [6.07, 6.45) is 13.1. The molecule has 0 amide bonds. The van der Waals surface area contributed by atoms with E-state index in [1.54, 1.807) is 5.30 Å². The number of unbranched alkanes of at least 4 members (excludes halogenated alkanes) is 7. The van der Waals surface area contributed by atoms with Crippen LogP contribution in [0.4, 0.5) is 0 Å². The number of rotatable bonds is 19. The number of hydrogen-bond donors (Lipinski definition) is 0. The van der Waals surface area contributed by atoms with Crippen LogP contribution in [0.15, 0.2) is 115 Å². The second-order valence-corrected chi connectivity index (χ2v) is 17.4. The fraction of sp³-hybridized carbons (Fsp3) is 0.381. The molecule has 238 valence electrons. The highest BCUT2D eigenvalue weighted by molar-refractivity contribution is 7.81. The van der Waals surface area contributed by atoms with Gasteiger partial charge in [0.25, 0.3) is 0 Å². The van der Waals surface area contributed by atoms with Crippen LogP contribution in [-0.2, 0) is 0 Å². The summed E-state index contributed by atoms with van der Waals surface area (Å²) in [6.45, 7) is 6.60. The monoisotopic (exact) mass is 620 g/mol. The van der Waals surface area contributed by atoms with Crippen LogP contribution in [0, 0.1) is 0 Å². The molecule has 0 saturated heterocycles. The van der Waals surface area contributed by atoms with E-state index in [1.165, 1.54) is 85.4 Å². The zero-order valence-corrected chi connectivity index (χ0v) is 29.2. The van der Waals surface area contributed by atoms with Gasteiger partial charge in [-0.1, -0.05) is 123 Å². The summed E-state index contributed by atoms with van der Waals surface area (Å²) in [6, 6.07) is 41.8. The number of nitrogens with zero attached hydrogens (tertiary/aromatic N) is 1. The molecule has 0 radical (unpaired) electrons. The van der Waals surface area contributed by atoms with E-state index in [9.17, 15) is 0 Å². The van der Waals surface area contributed by atoms with Gasteiger partial charge in [-0.25, -0.2) is 0 Å². The standard InChI is InChI=1S/C42H55NOP/c1-43(2)33-34-44-39-31-29-38(30-32-39)42(37-24-16-12-17-25-37)41(36-22-14-11-15-23-36)28-20-9-7-5-6-8-10-21-35-45(3,4)40-26-18-13-19-27-40/h11-19,22-27,29-32H,5-10,20-21,28,33-35H2,1-4H3/q+1/b42-41-. The maximum absolute atomic E-state index is 6.01. The molecule has 0 aliphatic heterocycles. The van der Waals surface area contributed by atoms with Crippen LogP contribution >= 0.6 is 7.26 Å². The maximum Gasteiger partial charge on any atom is 0.119 e. The molecule has 0 aromatic heterocycles. The van der Waals surface area contributed by atoms with Crippen molar-refractivity contribution in [3.8, 4) is 5.75 Å². The molecule has 3 heteroatoms. The molecule has 0 spiro atoms. The molecule has 0 heterocycles. The van der Waals surface area contributed by atoms with Crippen molar-refractivity contribution in [1.29, 1.82) is 0 Å². The summed E-state index contributed by atoms with van der Waals surface area (Å²) in [7, 11) is 3.17. The van der Waals surface area contributed by atoms with Gasteiger partial charge in [0.15, 0.2) is 0 Å². The minimum absolute atomic E-state index is 0.691. The number of allylic oxidation sites excluding steroid dienone is 1. The number of benzene rings is 4. The highest BCUT2D eigenvalue weighted by atomic mass is 31.2. The van der Waals surface area contributed by atoms with Crippen LogP contribution in [0.5, 0.6) is 5.75 Å². The SMILES string of the molecule is CN(C)CCOc1ccc(/C(=C(/CCCCCCCCCC[P+](C)(C)c2ccccc2)c2ccccc2)c2ccccc2)cc1. The molecule has 4 aromatic rings. The van der Waals surface area contributed by atoms with Gasteiger partial charge >= 0.3 is 0 Å². The average Bonchev–Trinajstić information content (AvgIpc) is 3.06. The molecule has 45 heavy (non-hydrogen) atoms. The highest BCUT2D eigenvalue weighted by Gasteiger charge is 2.27. The molecule has 2 nitrogen and oxygen atoms in total. The number of hydrogen-bond acceptors (Lipinski definition) is 2. The Morgan fingerprint density at radius 1 is 0.556 bits per heavy atom. The van der Waals surface area contributed by atoms with Crippen LogP contribution in [0.3, 0.4) is 0 Å². The molecule has 0 bridgehead atoms. The van der Waals surface area contributed by atoms with Gasteiger partial charge in [-0.2, -0.15) is 0 Å². The molecule has 0 unspecified atom stereocenters. The Balaban J connectivity index is 1.34. The second-order valence-electron chi connectivity index (χ2n) is 13.1. The molecular formula is C42H55NOP+. The van der Waals surface area contributed by atoms with Crippen molar-refractivity contribution >= 4 is 23.7 Å². The third kappa shape index (κ3) is 11.6.